The number of ether oxygens (including phenoxy) is 1. The Morgan fingerprint density at radius 3 is 2.48 bits per heavy atom. The Morgan fingerprint density at radius 1 is 1.03 bits per heavy atom. The van der Waals surface area contributed by atoms with E-state index >= 15 is 0 Å². The minimum absolute atomic E-state index is 0.0640. The Kier molecular flexibility index (Phi) is 5.61. The Labute approximate surface area is 172 Å². The monoisotopic (exact) mass is 414 g/mol. The van der Waals surface area contributed by atoms with Gasteiger partial charge in [-0.05, 0) is 54.7 Å². The van der Waals surface area contributed by atoms with E-state index in [2.05, 4.69) is 12.1 Å². The molecule has 0 spiro atoms. The summed E-state index contributed by atoms with van der Waals surface area (Å²) in [5.41, 5.74) is 2.48. The molecule has 0 saturated carbocycles. The van der Waals surface area contributed by atoms with E-state index in [9.17, 15) is 13.2 Å². The van der Waals surface area contributed by atoms with Gasteiger partial charge >= 0.3 is 0 Å². The lowest BCUT2D eigenvalue weighted by atomic mass is 9.95. The molecule has 0 N–H and O–H groups in total. The number of methoxy groups -OCH3 is 1. The summed E-state index contributed by atoms with van der Waals surface area (Å²) >= 11 is 0. The Morgan fingerprint density at radius 2 is 1.76 bits per heavy atom. The number of hydrogen-bond acceptors (Lipinski definition) is 4. The number of piperidine rings is 1. The summed E-state index contributed by atoms with van der Waals surface area (Å²) in [6, 6.07) is 14.6. The maximum Gasteiger partial charge on any atom is 0.243 e. The molecule has 0 unspecified atom stereocenters. The molecule has 7 heteroatoms. The smallest absolute Gasteiger partial charge is 0.243 e. The van der Waals surface area contributed by atoms with Crippen molar-refractivity contribution in [2.75, 3.05) is 26.7 Å². The Hall–Kier alpha value is -2.38. The first kappa shape index (κ1) is 19.9. The molecule has 2 aromatic rings. The van der Waals surface area contributed by atoms with E-state index in [1.807, 2.05) is 17.0 Å². The van der Waals surface area contributed by atoms with E-state index in [1.54, 1.807) is 31.4 Å². The molecule has 0 bridgehead atoms. The predicted molar refractivity (Wildman–Crippen MR) is 110 cm³/mol. The molecule has 4 rings (SSSR count). The lowest BCUT2D eigenvalue weighted by Gasteiger charge is -2.36. The van der Waals surface area contributed by atoms with Crippen LogP contribution in [0.25, 0.3) is 0 Å². The number of carbonyl (C=O) groups excluding carboxylic acids is 1. The van der Waals surface area contributed by atoms with Gasteiger partial charge in [0.05, 0.1) is 17.9 Å². The summed E-state index contributed by atoms with van der Waals surface area (Å²) in [7, 11) is -2.08. The first-order valence-corrected chi connectivity index (χ1v) is 11.4. The molecule has 2 aliphatic rings. The van der Waals surface area contributed by atoms with Gasteiger partial charge in [-0.25, -0.2) is 8.42 Å². The van der Waals surface area contributed by atoms with E-state index in [1.165, 1.54) is 15.4 Å². The normalized spacial score (nSPS) is 20.2. The SMILES string of the molecule is COc1ccc(S(=O)(=O)N2CCC[C@@H](C(=O)N3CCc4ccccc4C3)C2)cc1. The highest BCUT2D eigenvalue weighted by molar-refractivity contribution is 7.89. The minimum Gasteiger partial charge on any atom is -0.497 e. The molecular formula is C22H26N2O4S. The van der Waals surface area contributed by atoms with Crippen molar-refractivity contribution in [2.45, 2.75) is 30.7 Å². The summed E-state index contributed by atoms with van der Waals surface area (Å²) in [4.78, 5) is 15.3. The molecule has 6 nitrogen and oxygen atoms in total. The largest absolute Gasteiger partial charge is 0.497 e. The van der Waals surface area contributed by atoms with Crippen LogP contribution in [-0.2, 0) is 27.8 Å². The van der Waals surface area contributed by atoms with Crippen molar-refractivity contribution in [1.82, 2.24) is 9.21 Å². The minimum atomic E-state index is -3.63. The van der Waals surface area contributed by atoms with E-state index in [0.717, 1.165) is 12.8 Å². The van der Waals surface area contributed by atoms with Gasteiger partial charge in [0.1, 0.15) is 5.75 Å². The summed E-state index contributed by atoms with van der Waals surface area (Å²) < 4.78 is 32.7. The predicted octanol–water partition coefficient (Wildman–Crippen LogP) is 2.68. The van der Waals surface area contributed by atoms with Crippen molar-refractivity contribution in [3.05, 3.63) is 59.7 Å². The maximum absolute atomic E-state index is 13.1. The summed E-state index contributed by atoms with van der Waals surface area (Å²) in [5, 5.41) is 0. The van der Waals surface area contributed by atoms with Gasteiger partial charge in [-0.15, -0.1) is 0 Å². The molecule has 2 aliphatic heterocycles. The first-order valence-electron chi connectivity index (χ1n) is 9.99. The van der Waals surface area contributed by atoms with Gasteiger partial charge in [-0.1, -0.05) is 24.3 Å². The summed E-state index contributed by atoms with van der Waals surface area (Å²) in [5.74, 6) is 0.386. The summed E-state index contributed by atoms with van der Waals surface area (Å²) in [6.07, 6.45) is 2.27. The van der Waals surface area contributed by atoms with Crippen LogP contribution in [0.3, 0.4) is 0 Å². The number of sulfonamides is 1. The third-order valence-corrected chi connectivity index (χ3v) is 7.75. The average Bonchev–Trinajstić information content (AvgIpc) is 2.78. The highest BCUT2D eigenvalue weighted by Crippen LogP contribution is 2.28. The molecular weight excluding hydrogens is 388 g/mol. The van der Waals surface area contributed by atoms with Crippen molar-refractivity contribution < 1.29 is 17.9 Å². The number of carbonyl (C=O) groups is 1. The number of nitrogens with zero attached hydrogens (tertiary/aromatic N) is 2. The standard InChI is InChI=1S/C22H26N2O4S/c1-28-20-8-10-21(11-9-20)29(26,27)24-13-4-7-19(16-24)22(25)23-14-12-17-5-2-3-6-18(17)15-23/h2-3,5-6,8-11,19H,4,7,12-16H2,1H3/t19-/m1/s1. The number of fused-ring (bicyclic) bond motifs is 1. The third-order valence-electron chi connectivity index (χ3n) is 5.87. The molecule has 1 atom stereocenters. The topological polar surface area (TPSA) is 66.9 Å². The second kappa shape index (κ2) is 8.16. The van der Waals surface area contributed by atoms with Crippen molar-refractivity contribution in [3.8, 4) is 5.75 Å². The van der Waals surface area contributed by atoms with Crippen LogP contribution < -0.4 is 4.74 Å². The zero-order chi connectivity index (χ0) is 20.4. The van der Waals surface area contributed by atoms with Crippen LogP contribution in [-0.4, -0.2) is 50.3 Å². The Bertz CT molecular complexity index is 988. The van der Waals surface area contributed by atoms with Crippen molar-refractivity contribution >= 4 is 15.9 Å². The van der Waals surface area contributed by atoms with Crippen LogP contribution in [0.5, 0.6) is 5.75 Å². The lowest BCUT2D eigenvalue weighted by Crippen LogP contribution is -2.47. The summed E-state index contributed by atoms with van der Waals surface area (Å²) in [6.45, 7) is 1.99. The van der Waals surface area contributed by atoms with Gasteiger partial charge < -0.3 is 9.64 Å². The molecule has 1 saturated heterocycles. The fourth-order valence-electron chi connectivity index (χ4n) is 4.20. The molecule has 1 amide bonds. The lowest BCUT2D eigenvalue weighted by molar-refractivity contribution is -0.137. The van der Waals surface area contributed by atoms with E-state index in [-0.39, 0.29) is 23.3 Å². The van der Waals surface area contributed by atoms with Crippen molar-refractivity contribution in [2.24, 2.45) is 5.92 Å². The Balaban J connectivity index is 1.47. The first-order chi connectivity index (χ1) is 14.0. The average molecular weight is 415 g/mol. The van der Waals surface area contributed by atoms with Crippen LogP contribution in [0.1, 0.15) is 24.0 Å². The molecule has 29 heavy (non-hydrogen) atoms. The number of benzene rings is 2. The zero-order valence-corrected chi connectivity index (χ0v) is 17.4. The number of amides is 1. The van der Waals surface area contributed by atoms with Crippen LogP contribution >= 0.6 is 0 Å². The third kappa shape index (κ3) is 4.02. The van der Waals surface area contributed by atoms with Gasteiger partial charge in [-0.3, -0.25) is 4.79 Å². The quantitative estimate of drug-likeness (QED) is 0.772. The van der Waals surface area contributed by atoms with E-state index in [4.69, 9.17) is 4.74 Å². The fourth-order valence-corrected chi connectivity index (χ4v) is 5.72. The van der Waals surface area contributed by atoms with Gasteiger partial charge in [0.25, 0.3) is 0 Å². The van der Waals surface area contributed by atoms with Gasteiger partial charge in [0.2, 0.25) is 15.9 Å². The molecule has 2 aromatic carbocycles. The number of rotatable bonds is 4. The maximum atomic E-state index is 13.1. The van der Waals surface area contributed by atoms with Gasteiger partial charge in [0, 0.05) is 26.2 Å². The molecule has 2 heterocycles. The number of hydrogen-bond donors (Lipinski definition) is 0. The zero-order valence-electron chi connectivity index (χ0n) is 16.6. The van der Waals surface area contributed by atoms with Crippen molar-refractivity contribution in [3.63, 3.8) is 0 Å². The molecule has 0 aromatic heterocycles. The highest BCUT2D eigenvalue weighted by Gasteiger charge is 2.35. The fraction of sp³-hybridized carbons (Fsp3) is 0.409. The molecule has 0 aliphatic carbocycles. The second-order valence-electron chi connectivity index (χ2n) is 7.66. The molecule has 154 valence electrons. The van der Waals surface area contributed by atoms with Crippen LogP contribution in [0.2, 0.25) is 0 Å². The van der Waals surface area contributed by atoms with Crippen LogP contribution in [0.4, 0.5) is 0 Å². The van der Waals surface area contributed by atoms with Gasteiger partial charge in [-0.2, -0.15) is 4.31 Å². The van der Waals surface area contributed by atoms with Gasteiger partial charge in [0.15, 0.2) is 0 Å². The molecule has 1 fully saturated rings. The highest BCUT2D eigenvalue weighted by atomic mass is 32.2. The van der Waals surface area contributed by atoms with Crippen molar-refractivity contribution in [1.29, 1.82) is 0 Å². The van der Waals surface area contributed by atoms with Crippen LogP contribution in [0, 0.1) is 5.92 Å². The van der Waals surface area contributed by atoms with E-state index in [0.29, 0.717) is 31.8 Å². The van der Waals surface area contributed by atoms with E-state index < -0.39 is 10.0 Å². The second-order valence-corrected chi connectivity index (χ2v) is 9.59. The molecule has 0 radical (unpaired) electrons. The van der Waals surface area contributed by atoms with Crippen LogP contribution in [0.15, 0.2) is 53.4 Å².